The lowest BCUT2D eigenvalue weighted by Crippen LogP contribution is -2.44. The lowest BCUT2D eigenvalue weighted by molar-refractivity contribution is -0.131. The second-order valence-corrected chi connectivity index (χ2v) is 9.02. The van der Waals surface area contributed by atoms with Gasteiger partial charge >= 0.3 is 0 Å². The molecule has 37 heavy (non-hydrogen) atoms. The summed E-state index contributed by atoms with van der Waals surface area (Å²) in [6.45, 7) is 4.10. The van der Waals surface area contributed by atoms with Gasteiger partial charge in [-0.3, -0.25) is 9.69 Å². The third-order valence-corrected chi connectivity index (χ3v) is 6.13. The van der Waals surface area contributed by atoms with Crippen LogP contribution in [0, 0.1) is 0 Å². The number of nitrogens with two attached hydrogens (primary N) is 1. The number of aliphatic hydroxyl groups excluding tert-OH is 1. The van der Waals surface area contributed by atoms with Gasteiger partial charge in [0.1, 0.15) is 30.3 Å². The van der Waals surface area contributed by atoms with E-state index in [1.54, 1.807) is 7.11 Å². The molecule has 3 aromatic rings. The smallest absolute Gasteiger partial charge is 0.261 e. The minimum atomic E-state index is -0.846. The summed E-state index contributed by atoms with van der Waals surface area (Å²) in [5.41, 5.74) is 7.83. The van der Waals surface area contributed by atoms with Crippen molar-refractivity contribution in [2.75, 3.05) is 26.8 Å². The van der Waals surface area contributed by atoms with E-state index in [4.69, 9.17) is 19.9 Å². The molecule has 0 aliphatic heterocycles. The van der Waals surface area contributed by atoms with Crippen LogP contribution in [0.3, 0.4) is 0 Å². The van der Waals surface area contributed by atoms with Crippen LogP contribution in [0.5, 0.6) is 11.5 Å². The predicted octanol–water partition coefficient (Wildman–Crippen LogP) is 3.83. The van der Waals surface area contributed by atoms with Crippen LogP contribution in [-0.4, -0.2) is 61.0 Å². The fourth-order valence-electron chi connectivity index (χ4n) is 4.13. The monoisotopic (exact) mass is 506 g/mol. The molecule has 0 aliphatic rings. The highest BCUT2D eigenvalue weighted by Gasteiger charge is 2.27. The van der Waals surface area contributed by atoms with Gasteiger partial charge in [0.25, 0.3) is 5.91 Å². The van der Waals surface area contributed by atoms with Crippen LogP contribution in [0.4, 0.5) is 0 Å². The van der Waals surface area contributed by atoms with Crippen LogP contribution in [0.2, 0.25) is 0 Å². The second-order valence-electron chi connectivity index (χ2n) is 9.02. The summed E-state index contributed by atoms with van der Waals surface area (Å²) in [6, 6.07) is 27.4. The number of primary amides is 1. The number of carbonyl (C=O) groups excluding carboxylic acids is 1. The first-order chi connectivity index (χ1) is 18.0. The minimum absolute atomic E-state index is 0.225. The number of para-hydroxylation sites is 1. The summed E-state index contributed by atoms with van der Waals surface area (Å²) in [6.07, 6.45) is -0.476. The molecule has 3 rings (SSSR count). The van der Waals surface area contributed by atoms with E-state index in [1.807, 2.05) is 79.7 Å². The highest BCUT2D eigenvalue weighted by molar-refractivity contribution is 5.80. The molecule has 0 bridgehead atoms. The fourth-order valence-corrected chi connectivity index (χ4v) is 4.13. The molecular weight excluding hydrogens is 468 g/mol. The van der Waals surface area contributed by atoms with Crippen LogP contribution >= 0.6 is 0 Å². The number of carbonyl (C=O) groups is 1. The zero-order valence-corrected chi connectivity index (χ0v) is 21.7. The molecule has 0 saturated heterocycles. The highest BCUT2D eigenvalue weighted by Crippen LogP contribution is 2.18. The molecule has 198 valence electrons. The Morgan fingerprint density at radius 3 is 2.16 bits per heavy atom. The highest BCUT2D eigenvalue weighted by atomic mass is 16.5. The third-order valence-electron chi connectivity index (χ3n) is 6.13. The molecule has 3 unspecified atom stereocenters. The van der Waals surface area contributed by atoms with Crippen molar-refractivity contribution in [1.82, 2.24) is 4.90 Å². The van der Waals surface area contributed by atoms with Crippen molar-refractivity contribution >= 4 is 5.91 Å². The Hall–Kier alpha value is -3.39. The quantitative estimate of drug-likeness (QED) is 0.307. The lowest BCUT2D eigenvalue weighted by Gasteiger charge is -2.25. The Balaban J connectivity index is 1.58. The van der Waals surface area contributed by atoms with Gasteiger partial charge in [-0.25, -0.2) is 0 Å². The maximum atomic E-state index is 11.9. The molecular formula is C30H38N2O5. The number of methoxy groups -OCH3 is 1. The third kappa shape index (κ3) is 9.53. The summed E-state index contributed by atoms with van der Waals surface area (Å²) in [5, 5.41) is 10.7. The number of nitrogens with zero attached hydrogens (tertiary/aromatic N) is 1. The Labute approximate surface area is 219 Å². The van der Waals surface area contributed by atoms with Crippen molar-refractivity contribution in [2.45, 2.75) is 44.6 Å². The molecule has 1 amide bonds. The van der Waals surface area contributed by atoms with Crippen molar-refractivity contribution < 1.29 is 24.1 Å². The molecule has 3 N–H and O–H groups in total. The zero-order valence-electron chi connectivity index (χ0n) is 21.7. The van der Waals surface area contributed by atoms with Crippen molar-refractivity contribution in [3.05, 3.63) is 96.1 Å². The van der Waals surface area contributed by atoms with Crippen LogP contribution in [0.1, 0.15) is 24.5 Å². The summed E-state index contributed by atoms with van der Waals surface area (Å²) in [7, 11) is 1.54. The summed E-state index contributed by atoms with van der Waals surface area (Å²) < 4.78 is 16.9. The van der Waals surface area contributed by atoms with E-state index in [2.05, 4.69) is 17.0 Å². The van der Waals surface area contributed by atoms with E-state index in [9.17, 15) is 9.90 Å². The molecule has 0 radical (unpaired) electrons. The van der Waals surface area contributed by atoms with Crippen LogP contribution in [-0.2, 0) is 22.5 Å². The molecule has 0 aromatic heterocycles. The summed E-state index contributed by atoms with van der Waals surface area (Å²) in [5.74, 6) is 0.759. The largest absolute Gasteiger partial charge is 0.491 e. The summed E-state index contributed by atoms with van der Waals surface area (Å²) >= 11 is 0. The van der Waals surface area contributed by atoms with Gasteiger partial charge in [0.05, 0.1) is 0 Å². The SMILES string of the molecule is CCC(OC)C(Oc1ccc(CCN(Cc2ccccc2)CC(O)COc2ccccc2)cc1)C(N)=O. The number of amides is 1. The number of benzene rings is 3. The predicted molar refractivity (Wildman–Crippen MR) is 145 cm³/mol. The van der Waals surface area contributed by atoms with Gasteiger partial charge in [-0.1, -0.05) is 67.6 Å². The number of hydrogen-bond acceptors (Lipinski definition) is 6. The average Bonchev–Trinajstić information content (AvgIpc) is 2.92. The molecule has 3 aromatic carbocycles. The maximum absolute atomic E-state index is 11.9. The van der Waals surface area contributed by atoms with E-state index < -0.39 is 24.2 Å². The van der Waals surface area contributed by atoms with Gasteiger partial charge in [0.15, 0.2) is 0 Å². The van der Waals surface area contributed by atoms with Crippen LogP contribution in [0.15, 0.2) is 84.9 Å². The standard InChI is InChI=1S/C30H38N2O5/c1-3-28(35-2)29(30(31)34)37-27-16-14-23(15-17-27)18-19-32(20-24-10-6-4-7-11-24)21-25(33)22-36-26-12-8-5-9-13-26/h4-17,25,28-29,33H,3,18-22H2,1-2H3,(H2,31,34). The van der Waals surface area contributed by atoms with Crippen molar-refractivity contribution in [2.24, 2.45) is 5.73 Å². The van der Waals surface area contributed by atoms with Crippen molar-refractivity contribution in [3.63, 3.8) is 0 Å². The first kappa shape index (κ1) is 28.2. The van der Waals surface area contributed by atoms with E-state index >= 15 is 0 Å². The van der Waals surface area contributed by atoms with Crippen molar-refractivity contribution in [1.29, 1.82) is 0 Å². The second kappa shape index (κ2) is 15.0. The first-order valence-corrected chi connectivity index (χ1v) is 12.7. The van der Waals surface area contributed by atoms with Gasteiger partial charge in [0, 0.05) is 26.7 Å². The normalized spacial score (nSPS) is 13.6. The topological polar surface area (TPSA) is 94.2 Å². The average molecular weight is 507 g/mol. The number of hydrogen-bond donors (Lipinski definition) is 2. The number of aliphatic hydroxyl groups is 1. The van der Waals surface area contributed by atoms with Crippen LogP contribution < -0.4 is 15.2 Å². The molecule has 0 aliphatic carbocycles. The lowest BCUT2D eigenvalue weighted by atomic mass is 10.1. The molecule has 0 spiro atoms. The van der Waals surface area contributed by atoms with Gasteiger partial charge < -0.3 is 25.1 Å². The maximum Gasteiger partial charge on any atom is 0.261 e. The zero-order chi connectivity index (χ0) is 26.5. The molecule has 0 fully saturated rings. The van der Waals surface area contributed by atoms with E-state index in [-0.39, 0.29) is 6.61 Å². The summed E-state index contributed by atoms with van der Waals surface area (Å²) in [4.78, 5) is 14.1. The Morgan fingerprint density at radius 2 is 1.57 bits per heavy atom. The van der Waals surface area contributed by atoms with Crippen LogP contribution in [0.25, 0.3) is 0 Å². The molecule has 0 saturated carbocycles. The Bertz CT molecular complexity index is 1040. The van der Waals surface area contributed by atoms with Gasteiger partial charge in [-0.05, 0) is 48.2 Å². The van der Waals surface area contributed by atoms with E-state index in [1.165, 1.54) is 5.56 Å². The van der Waals surface area contributed by atoms with Gasteiger partial charge in [0.2, 0.25) is 6.10 Å². The Kier molecular flexibility index (Phi) is 11.4. The molecule has 3 atom stereocenters. The minimum Gasteiger partial charge on any atom is -0.491 e. The first-order valence-electron chi connectivity index (χ1n) is 12.7. The van der Waals surface area contributed by atoms with Gasteiger partial charge in [-0.2, -0.15) is 0 Å². The fraction of sp³-hybridized carbons (Fsp3) is 0.367. The van der Waals surface area contributed by atoms with Gasteiger partial charge in [-0.15, -0.1) is 0 Å². The Morgan fingerprint density at radius 1 is 0.919 bits per heavy atom. The molecule has 0 heterocycles. The number of ether oxygens (including phenoxy) is 3. The van der Waals surface area contributed by atoms with E-state index in [0.29, 0.717) is 18.7 Å². The molecule has 7 heteroatoms. The number of rotatable bonds is 16. The van der Waals surface area contributed by atoms with E-state index in [0.717, 1.165) is 30.8 Å². The van der Waals surface area contributed by atoms with Crippen molar-refractivity contribution in [3.8, 4) is 11.5 Å². The molecule has 7 nitrogen and oxygen atoms in total.